The van der Waals surface area contributed by atoms with Crippen molar-refractivity contribution in [1.29, 1.82) is 0 Å². The Bertz CT molecular complexity index is 504. The molecule has 0 aliphatic rings. The van der Waals surface area contributed by atoms with Gasteiger partial charge in [-0.05, 0) is 27.0 Å². The van der Waals surface area contributed by atoms with Crippen LogP contribution in [0.15, 0.2) is 28.4 Å². The van der Waals surface area contributed by atoms with Crippen molar-refractivity contribution in [3.05, 3.63) is 18.2 Å². The zero-order valence-electron chi connectivity index (χ0n) is 12.9. The molecule has 0 bridgehead atoms. The van der Waals surface area contributed by atoms with Crippen LogP contribution in [0.3, 0.4) is 0 Å². The standard InChI is InChI=1S/C14H22N4OS2/c1-5-18(6-2)13(19)8-7-10(3)21-14-16-11(15)9-12(17-14)20-4/h7-10H,5-6H2,1-4H3,(H2,15,16,17). The highest BCUT2D eigenvalue weighted by Crippen LogP contribution is 2.24. The largest absolute Gasteiger partial charge is 0.384 e. The average molecular weight is 326 g/mol. The molecule has 0 aromatic carbocycles. The second-order valence-electron chi connectivity index (χ2n) is 4.31. The number of aromatic nitrogens is 2. The Morgan fingerprint density at radius 2 is 2.10 bits per heavy atom. The highest BCUT2D eigenvalue weighted by atomic mass is 32.2. The maximum Gasteiger partial charge on any atom is 0.246 e. The van der Waals surface area contributed by atoms with Gasteiger partial charge in [-0.2, -0.15) is 0 Å². The summed E-state index contributed by atoms with van der Waals surface area (Å²) in [5.41, 5.74) is 5.75. The maximum absolute atomic E-state index is 11.9. The first-order valence-corrected chi connectivity index (χ1v) is 8.92. The number of likely N-dealkylation sites (N-methyl/N-ethyl adjacent to an activating group) is 1. The van der Waals surface area contributed by atoms with Crippen LogP contribution in [0.2, 0.25) is 0 Å². The molecule has 21 heavy (non-hydrogen) atoms. The summed E-state index contributed by atoms with van der Waals surface area (Å²) >= 11 is 3.01. The zero-order valence-corrected chi connectivity index (χ0v) is 14.5. The summed E-state index contributed by atoms with van der Waals surface area (Å²) in [6, 6.07) is 1.75. The first-order valence-electron chi connectivity index (χ1n) is 6.82. The molecule has 0 aliphatic carbocycles. The van der Waals surface area contributed by atoms with Crippen LogP contribution in [-0.2, 0) is 4.79 Å². The summed E-state index contributed by atoms with van der Waals surface area (Å²) in [5, 5.41) is 1.58. The Kier molecular flexibility index (Phi) is 7.60. The van der Waals surface area contributed by atoms with Crippen molar-refractivity contribution >= 4 is 35.2 Å². The topological polar surface area (TPSA) is 72.1 Å². The van der Waals surface area contributed by atoms with Gasteiger partial charge in [0.25, 0.3) is 0 Å². The molecule has 0 saturated heterocycles. The van der Waals surface area contributed by atoms with Crippen LogP contribution in [-0.4, -0.2) is 45.4 Å². The fourth-order valence-electron chi connectivity index (χ4n) is 1.64. The van der Waals surface area contributed by atoms with Gasteiger partial charge in [0, 0.05) is 30.5 Å². The molecule has 2 N–H and O–H groups in total. The number of hydrogen-bond acceptors (Lipinski definition) is 6. The highest BCUT2D eigenvalue weighted by Gasteiger charge is 2.09. The number of carbonyl (C=O) groups is 1. The molecule has 116 valence electrons. The van der Waals surface area contributed by atoms with Crippen LogP contribution < -0.4 is 5.73 Å². The molecule has 1 aromatic heterocycles. The SMILES string of the molecule is CCN(CC)C(=O)C=CC(C)Sc1nc(N)cc(SC)n1. The van der Waals surface area contributed by atoms with E-state index in [9.17, 15) is 4.79 Å². The summed E-state index contributed by atoms with van der Waals surface area (Å²) in [6.07, 6.45) is 5.44. The number of hydrogen-bond donors (Lipinski definition) is 1. The van der Waals surface area contributed by atoms with Gasteiger partial charge in [-0.1, -0.05) is 17.8 Å². The average Bonchev–Trinajstić information content (AvgIpc) is 2.45. The number of nitrogens with two attached hydrogens (primary N) is 1. The van der Waals surface area contributed by atoms with E-state index in [2.05, 4.69) is 9.97 Å². The molecule has 1 heterocycles. The molecule has 7 heteroatoms. The molecular formula is C14H22N4OS2. The van der Waals surface area contributed by atoms with Gasteiger partial charge in [0.2, 0.25) is 5.91 Å². The third-order valence-corrected chi connectivity index (χ3v) is 4.34. The fraction of sp³-hybridized carbons (Fsp3) is 0.500. The Morgan fingerprint density at radius 1 is 1.43 bits per heavy atom. The van der Waals surface area contributed by atoms with Crippen LogP contribution in [0, 0.1) is 0 Å². The smallest absolute Gasteiger partial charge is 0.246 e. The molecule has 0 saturated carbocycles. The predicted molar refractivity (Wildman–Crippen MR) is 90.6 cm³/mol. The van der Waals surface area contributed by atoms with Gasteiger partial charge >= 0.3 is 0 Å². The lowest BCUT2D eigenvalue weighted by Gasteiger charge is -2.16. The molecule has 0 aliphatic heterocycles. The van der Waals surface area contributed by atoms with E-state index >= 15 is 0 Å². The van der Waals surface area contributed by atoms with Gasteiger partial charge < -0.3 is 10.6 Å². The summed E-state index contributed by atoms with van der Waals surface area (Å²) in [5.74, 6) is 0.498. The highest BCUT2D eigenvalue weighted by molar-refractivity contribution is 8.00. The van der Waals surface area contributed by atoms with E-state index in [0.29, 0.717) is 11.0 Å². The van der Waals surface area contributed by atoms with Gasteiger partial charge in [0.1, 0.15) is 10.8 Å². The zero-order chi connectivity index (χ0) is 15.8. The number of thioether (sulfide) groups is 2. The lowest BCUT2D eigenvalue weighted by Crippen LogP contribution is -2.28. The normalized spacial score (nSPS) is 12.6. The Balaban J connectivity index is 2.67. The van der Waals surface area contributed by atoms with Crippen LogP contribution in [0.25, 0.3) is 0 Å². The van der Waals surface area contributed by atoms with E-state index in [0.717, 1.165) is 18.1 Å². The molecule has 1 unspecified atom stereocenters. The molecule has 0 spiro atoms. The van der Waals surface area contributed by atoms with Crippen molar-refractivity contribution in [2.45, 2.75) is 36.2 Å². The number of nitrogens with zero attached hydrogens (tertiary/aromatic N) is 3. The summed E-state index contributed by atoms with van der Waals surface area (Å²) in [4.78, 5) is 22.3. The molecule has 5 nitrogen and oxygen atoms in total. The second kappa shape index (κ2) is 8.94. The van der Waals surface area contributed by atoms with Gasteiger partial charge in [-0.25, -0.2) is 9.97 Å². The monoisotopic (exact) mass is 326 g/mol. The fourth-order valence-corrected chi connectivity index (χ4v) is 2.92. The van der Waals surface area contributed by atoms with E-state index in [1.54, 1.807) is 17.0 Å². The minimum Gasteiger partial charge on any atom is -0.384 e. The lowest BCUT2D eigenvalue weighted by atomic mass is 10.3. The van der Waals surface area contributed by atoms with E-state index in [-0.39, 0.29) is 11.2 Å². The van der Waals surface area contributed by atoms with Crippen LogP contribution in [0.4, 0.5) is 5.82 Å². The van der Waals surface area contributed by atoms with Crippen molar-refractivity contribution in [2.24, 2.45) is 0 Å². The quantitative estimate of drug-likeness (QED) is 0.359. The van der Waals surface area contributed by atoms with Crippen LogP contribution in [0.5, 0.6) is 0 Å². The first kappa shape index (κ1) is 17.8. The minimum atomic E-state index is 0.0331. The number of nitrogen functional groups attached to an aromatic ring is 1. The second-order valence-corrected chi connectivity index (χ2v) is 6.48. The Labute approximate surface area is 134 Å². The van der Waals surface area contributed by atoms with Crippen LogP contribution >= 0.6 is 23.5 Å². The van der Waals surface area contributed by atoms with Gasteiger partial charge in [0.15, 0.2) is 5.16 Å². The molecule has 0 fully saturated rings. The molecular weight excluding hydrogens is 304 g/mol. The molecule has 0 radical (unpaired) electrons. The molecule has 1 amide bonds. The molecule has 1 atom stereocenters. The van der Waals surface area contributed by atoms with E-state index < -0.39 is 0 Å². The van der Waals surface area contributed by atoms with Crippen molar-refractivity contribution in [3.8, 4) is 0 Å². The van der Waals surface area contributed by atoms with Crippen molar-refractivity contribution < 1.29 is 4.79 Å². The van der Waals surface area contributed by atoms with Gasteiger partial charge in [-0.3, -0.25) is 4.79 Å². The number of carbonyl (C=O) groups excluding carboxylic acids is 1. The number of anilines is 1. The number of rotatable bonds is 7. The van der Waals surface area contributed by atoms with E-state index in [4.69, 9.17) is 5.73 Å². The van der Waals surface area contributed by atoms with Gasteiger partial charge in [-0.15, -0.1) is 11.8 Å². The molecule has 1 rings (SSSR count). The predicted octanol–water partition coefficient (Wildman–Crippen LogP) is 2.69. The van der Waals surface area contributed by atoms with Crippen LogP contribution in [0.1, 0.15) is 20.8 Å². The molecule has 1 aromatic rings. The Morgan fingerprint density at radius 3 is 2.67 bits per heavy atom. The van der Waals surface area contributed by atoms with E-state index in [1.807, 2.05) is 33.1 Å². The third kappa shape index (κ3) is 5.97. The Hall–Kier alpha value is -1.21. The minimum absolute atomic E-state index is 0.0331. The number of amides is 1. The lowest BCUT2D eigenvalue weighted by molar-refractivity contribution is -0.125. The summed E-state index contributed by atoms with van der Waals surface area (Å²) < 4.78 is 0. The maximum atomic E-state index is 11.9. The van der Waals surface area contributed by atoms with E-state index in [1.165, 1.54) is 23.5 Å². The van der Waals surface area contributed by atoms with Crippen molar-refractivity contribution in [3.63, 3.8) is 0 Å². The summed E-state index contributed by atoms with van der Waals surface area (Å²) in [6.45, 7) is 7.38. The summed E-state index contributed by atoms with van der Waals surface area (Å²) in [7, 11) is 0. The van der Waals surface area contributed by atoms with Gasteiger partial charge in [0.05, 0.1) is 0 Å². The first-order chi connectivity index (χ1) is 9.99. The van der Waals surface area contributed by atoms with Crippen molar-refractivity contribution in [1.82, 2.24) is 14.9 Å². The third-order valence-electron chi connectivity index (χ3n) is 2.79. The van der Waals surface area contributed by atoms with Crippen molar-refractivity contribution in [2.75, 3.05) is 25.1 Å².